The van der Waals surface area contributed by atoms with E-state index in [-0.39, 0.29) is 26.2 Å². The Labute approximate surface area is 181 Å². The molecule has 0 aliphatic heterocycles. The summed E-state index contributed by atoms with van der Waals surface area (Å²) in [4.78, 5) is 0. The molecule has 0 nitrogen and oxygen atoms in total. The van der Waals surface area contributed by atoms with Crippen molar-refractivity contribution in [2.75, 3.05) is 0 Å². The summed E-state index contributed by atoms with van der Waals surface area (Å²) in [6.45, 7) is 4.24. The Morgan fingerprint density at radius 2 is 1.08 bits per heavy atom. The standard InChI is InChI=1S/2C10H9.2ClH.2Zr/c2*1-8-5-6-9-3-2-4-10(9)7-8;;;;/h2*2-7H,1H3;2*1H;;/q2*-1;;;2*+2/p-2. The van der Waals surface area contributed by atoms with Crippen LogP contribution in [0.3, 0.4) is 0 Å². The van der Waals surface area contributed by atoms with E-state index < -0.39 is 20.8 Å². The van der Waals surface area contributed by atoms with E-state index in [0.717, 1.165) is 0 Å². The Morgan fingerprint density at radius 1 is 0.708 bits per heavy atom. The van der Waals surface area contributed by atoms with Gasteiger partial charge >= 0.3 is 64.1 Å². The number of hydrogen-bond donors (Lipinski definition) is 0. The summed E-state index contributed by atoms with van der Waals surface area (Å²) < 4.78 is 0. The predicted molar refractivity (Wildman–Crippen MR) is 100 cm³/mol. The zero-order chi connectivity index (χ0) is 16.7. The first kappa shape index (κ1) is 22.0. The third-order valence-electron chi connectivity index (χ3n) is 3.59. The van der Waals surface area contributed by atoms with Crippen molar-refractivity contribution in [2.45, 2.75) is 13.8 Å². The molecule has 0 saturated carbocycles. The smallest absolute Gasteiger partial charge is 2.00 e. The molecule has 0 fully saturated rings. The second kappa shape index (κ2) is 11.6. The van der Waals surface area contributed by atoms with Crippen molar-refractivity contribution < 1.29 is 47.1 Å². The maximum absolute atomic E-state index is 4.93. The largest absolute Gasteiger partial charge is 2.00 e. The van der Waals surface area contributed by atoms with Crippen molar-refractivity contribution in [1.82, 2.24) is 0 Å². The topological polar surface area (TPSA) is 0 Å². The zero-order valence-corrected chi connectivity index (χ0v) is 20.1. The van der Waals surface area contributed by atoms with Gasteiger partial charge in [-0.2, -0.15) is 24.3 Å². The number of aryl methyl sites for hydroxylation is 2. The molecule has 0 aliphatic carbocycles. The van der Waals surface area contributed by atoms with Crippen molar-refractivity contribution in [3.05, 3.63) is 83.9 Å². The van der Waals surface area contributed by atoms with E-state index in [1.165, 1.54) is 32.7 Å². The van der Waals surface area contributed by atoms with Crippen molar-refractivity contribution in [3.8, 4) is 0 Å². The predicted octanol–water partition coefficient (Wildman–Crippen LogP) is 7.11. The molecule has 0 radical (unpaired) electrons. The fourth-order valence-corrected chi connectivity index (χ4v) is 2.49. The van der Waals surface area contributed by atoms with Crippen LogP contribution >= 0.6 is 17.0 Å². The molecule has 0 aliphatic rings. The van der Waals surface area contributed by atoms with Crippen LogP contribution in [-0.4, -0.2) is 0 Å². The number of benzene rings is 2. The van der Waals surface area contributed by atoms with E-state index >= 15 is 0 Å². The molecule has 0 heterocycles. The third-order valence-corrected chi connectivity index (χ3v) is 3.59. The molecule has 0 N–H and O–H groups in total. The van der Waals surface area contributed by atoms with Gasteiger partial charge < -0.3 is 0 Å². The molecule has 0 atom stereocenters. The monoisotopic (exact) mass is 508 g/mol. The fraction of sp³-hybridized carbons (Fsp3) is 0.100. The summed E-state index contributed by atoms with van der Waals surface area (Å²) in [6.07, 6.45) is 0. The van der Waals surface area contributed by atoms with Gasteiger partial charge in [0.05, 0.1) is 0 Å². The number of halogens is 2. The Kier molecular flexibility index (Phi) is 10.6. The molecule has 0 unspecified atom stereocenters. The summed E-state index contributed by atoms with van der Waals surface area (Å²) >= 11 is -0.826. The van der Waals surface area contributed by atoms with Crippen molar-refractivity contribution in [2.24, 2.45) is 0 Å². The molecule has 4 aromatic rings. The van der Waals surface area contributed by atoms with Crippen LogP contribution in [0.2, 0.25) is 0 Å². The van der Waals surface area contributed by atoms with Crippen LogP contribution in [-0.2, 0) is 47.1 Å². The maximum atomic E-state index is 4.93. The molecule has 0 amide bonds. The first-order valence-electron chi connectivity index (χ1n) is 7.34. The fourth-order valence-electron chi connectivity index (χ4n) is 2.49. The second-order valence-electron chi connectivity index (χ2n) is 5.39. The number of fused-ring (bicyclic) bond motifs is 2. The maximum Gasteiger partial charge on any atom is 2.00 e. The van der Waals surface area contributed by atoms with Gasteiger partial charge in [0.15, 0.2) is 0 Å². The molecule has 24 heavy (non-hydrogen) atoms. The first-order valence-corrected chi connectivity index (χ1v) is 13.7. The van der Waals surface area contributed by atoms with E-state index in [4.69, 9.17) is 17.0 Å². The second-order valence-corrected chi connectivity index (χ2v) is 9.12. The van der Waals surface area contributed by atoms with E-state index in [1.54, 1.807) is 0 Å². The van der Waals surface area contributed by atoms with E-state index in [0.29, 0.717) is 0 Å². The van der Waals surface area contributed by atoms with Gasteiger partial charge in [-0.05, 0) is 13.8 Å². The van der Waals surface area contributed by atoms with Crippen LogP contribution in [0.5, 0.6) is 0 Å². The van der Waals surface area contributed by atoms with Crippen LogP contribution in [0.25, 0.3) is 21.5 Å². The summed E-state index contributed by atoms with van der Waals surface area (Å²) in [6, 6.07) is 25.7. The minimum absolute atomic E-state index is 0. The molecule has 4 heteroatoms. The minimum Gasteiger partial charge on any atom is 2.00 e. The Hall–Kier alpha value is 0.00623. The minimum atomic E-state index is -0.826. The molecule has 0 saturated heterocycles. The number of rotatable bonds is 0. The van der Waals surface area contributed by atoms with Gasteiger partial charge in [0, 0.05) is 0 Å². The van der Waals surface area contributed by atoms with Gasteiger partial charge in [0.25, 0.3) is 0 Å². The van der Waals surface area contributed by atoms with Gasteiger partial charge in [-0.3, -0.25) is 0 Å². The van der Waals surface area contributed by atoms with E-state index in [2.05, 4.69) is 86.6 Å². The average molecular weight is 512 g/mol. The van der Waals surface area contributed by atoms with Crippen LogP contribution in [0.4, 0.5) is 0 Å². The van der Waals surface area contributed by atoms with E-state index in [1.807, 2.05) is 0 Å². The normalized spacial score (nSPS) is 9.33. The van der Waals surface area contributed by atoms with Gasteiger partial charge in [-0.15, -0.1) is 57.9 Å². The molecule has 4 rings (SSSR count). The van der Waals surface area contributed by atoms with Crippen molar-refractivity contribution in [1.29, 1.82) is 0 Å². The average Bonchev–Trinajstić information content (AvgIpc) is 3.16. The van der Waals surface area contributed by atoms with Gasteiger partial charge in [-0.1, -0.05) is 23.3 Å². The molecular formula is C20H18Cl2Zr2. The molecule has 120 valence electrons. The Balaban J connectivity index is 0.000000200. The van der Waals surface area contributed by atoms with Crippen LogP contribution < -0.4 is 0 Å². The summed E-state index contributed by atoms with van der Waals surface area (Å²) in [7, 11) is 9.87. The molecule has 0 bridgehead atoms. The van der Waals surface area contributed by atoms with Gasteiger partial charge in [0.2, 0.25) is 0 Å². The summed E-state index contributed by atoms with van der Waals surface area (Å²) in [5.41, 5.74) is 2.66. The van der Waals surface area contributed by atoms with Crippen LogP contribution in [0, 0.1) is 13.8 Å². The molecule has 0 spiro atoms. The summed E-state index contributed by atoms with van der Waals surface area (Å²) in [5, 5.41) is 5.37. The Bertz CT molecular complexity index is 790. The number of hydrogen-bond acceptors (Lipinski definition) is 0. The quantitative estimate of drug-likeness (QED) is 0.221. The van der Waals surface area contributed by atoms with Gasteiger partial charge in [0.1, 0.15) is 0 Å². The molecule has 4 aromatic carbocycles. The summed E-state index contributed by atoms with van der Waals surface area (Å²) in [5.74, 6) is 0. The van der Waals surface area contributed by atoms with Crippen LogP contribution in [0.15, 0.2) is 72.8 Å². The van der Waals surface area contributed by atoms with Crippen molar-refractivity contribution in [3.63, 3.8) is 0 Å². The van der Waals surface area contributed by atoms with Crippen LogP contribution in [0.1, 0.15) is 11.1 Å². The SMILES string of the molecule is Cc1ccc2cc[cH-]c2c1.Cc1ccc2cc[cH-]c2c1.[Cl][Zr][Cl].[Zr+2]. The van der Waals surface area contributed by atoms with Gasteiger partial charge in [-0.25, -0.2) is 0 Å². The third kappa shape index (κ3) is 6.72. The molecule has 0 aromatic heterocycles. The van der Waals surface area contributed by atoms with Crippen molar-refractivity contribution >= 4 is 38.6 Å². The zero-order valence-electron chi connectivity index (χ0n) is 13.7. The Morgan fingerprint density at radius 3 is 1.46 bits per heavy atom. The van der Waals surface area contributed by atoms with E-state index in [9.17, 15) is 0 Å². The molecular weight excluding hydrogens is 494 g/mol. The first-order chi connectivity index (χ1) is 11.1.